The van der Waals surface area contributed by atoms with E-state index in [9.17, 15) is 17.6 Å². The summed E-state index contributed by atoms with van der Waals surface area (Å²) >= 11 is 0. The normalized spacial score (nSPS) is 22.2. The van der Waals surface area contributed by atoms with Gasteiger partial charge in [-0.15, -0.1) is 0 Å². The smallest absolute Gasteiger partial charge is 0.195 e. The van der Waals surface area contributed by atoms with Crippen molar-refractivity contribution in [3.05, 3.63) is 47.0 Å². The highest BCUT2D eigenvalue weighted by atomic mass is 19.2. The Labute approximate surface area is 127 Å². The molecule has 0 heterocycles. The SMILES string of the molecule is CCC1CCC(c2cc(F)c3c(F)c(F)c(F)cc3c2)CC1. The van der Waals surface area contributed by atoms with Gasteiger partial charge in [0.2, 0.25) is 0 Å². The summed E-state index contributed by atoms with van der Waals surface area (Å²) in [4.78, 5) is 0. The number of rotatable bonds is 2. The van der Waals surface area contributed by atoms with Gasteiger partial charge in [0.1, 0.15) is 5.82 Å². The molecule has 0 atom stereocenters. The Morgan fingerprint density at radius 3 is 2.18 bits per heavy atom. The molecule has 0 unspecified atom stereocenters. The van der Waals surface area contributed by atoms with Crippen LogP contribution in [0.25, 0.3) is 10.8 Å². The molecular formula is C18H18F4. The molecule has 0 spiro atoms. The first-order valence-electron chi connectivity index (χ1n) is 7.78. The Morgan fingerprint density at radius 1 is 0.864 bits per heavy atom. The van der Waals surface area contributed by atoms with Gasteiger partial charge in [0.25, 0.3) is 0 Å². The van der Waals surface area contributed by atoms with Gasteiger partial charge in [-0.2, -0.15) is 0 Å². The average Bonchev–Trinajstić information content (AvgIpc) is 2.52. The van der Waals surface area contributed by atoms with Crippen LogP contribution in [0.4, 0.5) is 17.6 Å². The molecule has 0 amide bonds. The molecule has 0 nitrogen and oxygen atoms in total. The van der Waals surface area contributed by atoms with Crippen LogP contribution in [0.15, 0.2) is 18.2 Å². The van der Waals surface area contributed by atoms with Gasteiger partial charge in [-0.05, 0) is 60.6 Å². The Bertz CT molecular complexity index is 700. The van der Waals surface area contributed by atoms with Crippen molar-refractivity contribution in [2.75, 3.05) is 0 Å². The highest BCUT2D eigenvalue weighted by Crippen LogP contribution is 2.39. The highest BCUT2D eigenvalue weighted by molar-refractivity contribution is 5.84. The van der Waals surface area contributed by atoms with Gasteiger partial charge in [-0.25, -0.2) is 17.6 Å². The number of halogens is 4. The van der Waals surface area contributed by atoms with Gasteiger partial charge in [-0.1, -0.05) is 19.4 Å². The van der Waals surface area contributed by atoms with E-state index in [1.54, 1.807) is 6.07 Å². The van der Waals surface area contributed by atoms with E-state index in [2.05, 4.69) is 6.92 Å². The zero-order valence-electron chi connectivity index (χ0n) is 12.4. The second-order valence-corrected chi connectivity index (χ2v) is 6.21. The molecule has 1 aliphatic rings. The summed E-state index contributed by atoms with van der Waals surface area (Å²) in [5.74, 6) is -4.25. The van der Waals surface area contributed by atoms with Crippen LogP contribution in [0.3, 0.4) is 0 Å². The first kappa shape index (κ1) is 15.3. The van der Waals surface area contributed by atoms with Crippen LogP contribution in [0.2, 0.25) is 0 Å². The second kappa shape index (κ2) is 5.90. The van der Waals surface area contributed by atoms with Crippen LogP contribution in [0.5, 0.6) is 0 Å². The number of benzene rings is 2. The van der Waals surface area contributed by atoms with Crippen molar-refractivity contribution < 1.29 is 17.6 Å². The monoisotopic (exact) mass is 310 g/mol. The Balaban J connectivity index is 2.01. The van der Waals surface area contributed by atoms with Crippen molar-refractivity contribution in [2.45, 2.75) is 44.9 Å². The van der Waals surface area contributed by atoms with Crippen molar-refractivity contribution in [3.8, 4) is 0 Å². The number of hydrogen-bond donors (Lipinski definition) is 0. The third kappa shape index (κ3) is 2.59. The number of hydrogen-bond acceptors (Lipinski definition) is 0. The van der Waals surface area contributed by atoms with E-state index in [0.717, 1.165) is 43.7 Å². The Kier molecular flexibility index (Phi) is 4.11. The van der Waals surface area contributed by atoms with Gasteiger partial charge >= 0.3 is 0 Å². The maximum atomic E-state index is 14.2. The van der Waals surface area contributed by atoms with Crippen molar-refractivity contribution in [1.82, 2.24) is 0 Å². The lowest BCUT2D eigenvalue weighted by atomic mass is 9.77. The maximum Gasteiger partial charge on any atom is 0.195 e. The molecule has 0 aliphatic heterocycles. The van der Waals surface area contributed by atoms with Gasteiger partial charge < -0.3 is 0 Å². The lowest BCUT2D eigenvalue weighted by molar-refractivity contribution is 0.318. The van der Waals surface area contributed by atoms with Crippen LogP contribution in [0.1, 0.15) is 50.5 Å². The van der Waals surface area contributed by atoms with Crippen LogP contribution in [-0.2, 0) is 0 Å². The van der Waals surface area contributed by atoms with Crippen LogP contribution in [-0.4, -0.2) is 0 Å². The lowest BCUT2D eigenvalue weighted by Crippen LogP contribution is -2.13. The lowest BCUT2D eigenvalue weighted by Gasteiger charge is -2.28. The summed E-state index contributed by atoms with van der Waals surface area (Å²) in [6.45, 7) is 2.17. The van der Waals surface area contributed by atoms with Crippen molar-refractivity contribution >= 4 is 10.8 Å². The summed E-state index contributed by atoms with van der Waals surface area (Å²) in [5, 5.41) is -0.381. The molecule has 0 saturated heterocycles. The Hall–Kier alpha value is -1.58. The average molecular weight is 310 g/mol. The van der Waals surface area contributed by atoms with E-state index in [1.165, 1.54) is 6.07 Å². The largest absolute Gasteiger partial charge is 0.206 e. The molecular weight excluding hydrogens is 292 g/mol. The molecule has 0 N–H and O–H groups in total. The molecule has 1 fully saturated rings. The summed E-state index contributed by atoms with van der Waals surface area (Å²) in [6.07, 6.45) is 5.24. The van der Waals surface area contributed by atoms with E-state index in [0.29, 0.717) is 5.92 Å². The second-order valence-electron chi connectivity index (χ2n) is 6.21. The summed E-state index contributed by atoms with van der Waals surface area (Å²) in [5.41, 5.74) is 0.755. The predicted octanol–water partition coefficient (Wildman–Crippen LogP) is 6.08. The molecule has 0 radical (unpaired) electrons. The minimum absolute atomic E-state index is 0.0871. The molecule has 2 aromatic rings. The summed E-state index contributed by atoms with van der Waals surface area (Å²) in [6, 6.07) is 3.75. The molecule has 4 heteroatoms. The van der Waals surface area contributed by atoms with Gasteiger partial charge in [0.15, 0.2) is 17.5 Å². The van der Waals surface area contributed by atoms with E-state index >= 15 is 0 Å². The summed E-state index contributed by atoms with van der Waals surface area (Å²) in [7, 11) is 0. The molecule has 118 valence electrons. The molecule has 3 rings (SSSR count). The van der Waals surface area contributed by atoms with Crippen molar-refractivity contribution in [3.63, 3.8) is 0 Å². The van der Waals surface area contributed by atoms with Crippen LogP contribution in [0, 0.1) is 29.2 Å². The first-order chi connectivity index (χ1) is 10.5. The highest BCUT2D eigenvalue weighted by Gasteiger charge is 2.24. The fraction of sp³-hybridized carbons (Fsp3) is 0.444. The van der Waals surface area contributed by atoms with Gasteiger partial charge in [-0.3, -0.25) is 0 Å². The minimum Gasteiger partial charge on any atom is -0.206 e. The minimum atomic E-state index is -1.62. The predicted molar refractivity (Wildman–Crippen MR) is 78.8 cm³/mol. The fourth-order valence-electron chi connectivity index (χ4n) is 3.55. The third-order valence-corrected chi connectivity index (χ3v) is 4.94. The van der Waals surface area contributed by atoms with E-state index in [4.69, 9.17) is 0 Å². The maximum absolute atomic E-state index is 14.2. The quantitative estimate of drug-likeness (QED) is 0.466. The molecule has 22 heavy (non-hydrogen) atoms. The summed E-state index contributed by atoms with van der Waals surface area (Å²) < 4.78 is 54.6. The zero-order valence-corrected chi connectivity index (χ0v) is 12.4. The first-order valence-corrected chi connectivity index (χ1v) is 7.78. The third-order valence-electron chi connectivity index (χ3n) is 4.94. The zero-order chi connectivity index (χ0) is 15.9. The fourth-order valence-corrected chi connectivity index (χ4v) is 3.55. The number of fused-ring (bicyclic) bond motifs is 1. The molecule has 2 aromatic carbocycles. The van der Waals surface area contributed by atoms with Gasteiger partial charge in [0.05, 0.1) is 5.39 Å². The van der Waals surface area contributed by atoms with Gasteiger partial charge in [0, 0.05) is 0 Å². The molecule has 1 saturated carbocycles. The Morgan fingerprint density at radius 2 is 1.55 bits per heavy atom. The molecule has 1 aliphatic carbocycles. The molecule has 0 aromatic heterocycles. The van der Waals surface area contributed by atoms with Crippen molar-refractivity contribution in [2.24, 2.45) is 5.92 Å². The standard InChI is InChI=1S/C18H18F4/c1-2-10-3-5-11(6-4-10)12-7-13-9-15(20)17(21)18(22)16(13)14(19)8-12/h7-11H,2-6H2,1H3. The van der Waals surface area contributed by atoms with E-state index in [1.807, 2.05) is 0 Å². The topological polar surface area (TPSA) is 0 Å². The van der Waals surface area contributed by atoms with E-state index in [-0.39, 0.29) is 11.3 Å². The van der Waals surface area contributed by atoms with E-state index < -0.39 is 28.7 Å². The van der Waals surface area contributed by atoms with Crippen LogP contribution < -0.4 is 0 Å². The van der Waals surface area contributed by atoms with Crippen LogP contribution >= 0.6 is 0 Å². The molecule has 0 bridgehead atoms. The van der Waals surface area contributed by atoms with Crippen molar-refractivity contribution in [1.29, 1.82) is 0 Å².